The Morgan fingerprint density at radius 3 is 1.97 bits per heavy atom. The van der Waals surface area contributed by atoms with Gasteiger partial charge in [-0.25, -0.2) is 0 Å². The van der Waals surface area contributed by atoms with Crippen LogP contribution < -0.4 is 0 Å². The zero-order valence-corrected chi connectivity index (χ0v) is 21.4. The van der Waals surface area contributed by atoms with Crippen LogP contribution >= 0.6 is 0 Å². The molecule has 6 heteroatoms. The van der Waals surface area contributed by atoms with Crippen molar-refractivity contribution in [3.05, 3.63) is 12.2 Å². The fourth-order valence-electron chi connectivity index (χ4n) is 4.40. The molecule has 0 unspecified atom stereocenters. The van der Waals surface area contributed by atoms with E-state index in [2.05, 4.69) is 19.1 Å². The predicted molar refractivity (Wildman–Crippen MR) is 133 cm³/mol. The summed E-state index contributed by atoms with van der Waals surface area (Å²) < 4.78 is 10.9. The quantitative estimate of drug-likeness (QED) is 0.153. The molecule has 0 aromatic heterocycles. The summed E-state index contributed by atoms with van der Waals surface area (Å²) in [7, 11) is 0. The molecule has 1 N–H and O–H groups in total. The maximum Gasteiger partial charge on any atom is 0.303 e. The van der Waals surface area contributed by atoms with Crippen molar-refractivity contribution in [3.8, 4) is 0 Å². The van der Waals surface area contributed by atoms with Crippen LogP contribution in [-0.4, -0.2) is 59.9 Å². The van der Waals surface area contributed by atoms with E-state index in [9.17, 15) is 14.7 Å². The molecule has 192 valence electrons. The summed E-state index contributed by atoms with van der Waals surface area (Å²) in [5.41, 5.74) is 0. The molecule has 1 rings (SSSR count). The van der Waals surface area contributed by atoms with Gasteiger partial charge in [0.2, 0.25) is 5.91 Å². The highest BCUT2D eigenvalue weighted by atomic mass is 16.6. The fraction of sp³-hybridized carbons (Fsp3) is 0.852. The molecule has 1 aliphatic rings. The van der Waals surface area contributed by atoms with Gasteiger partial charge in [-0.3, -0.25) is 9.59 Å². The second-order valence-corrected chi connectivity index (χ2v) is 9.39. The number of ether oxygens (including phenoxy) is 2. The number of rotatable bonds is 19. The van der Waals surface area contributed by atoms with Gasteiger partial charge in [-0.1, -0.05) is 76.9 Å². The predicted octanol–water partition coefficient (Wildman–Crippen LogP) is 5.56. The molecule has 0 saturated carbocycles. The molecular formula is C27H49NO5. The molecule has 0 spiro atoms. The second-order valence-electron chi connectivity index (χ2n) is 9.39. The van der Waals surface area contributed by atoms with Gasteiger partial charge < -0.3 is 19.5 Å². The molecule has 1 fully saturated rings. The number of hydrogen-bond donors (Lipinski definition) is 1. The number of hydrogen-bond acceptors (Lipinski definition) is 5. The van der Waals surface area contributed by atoms with Gasteiger partial charge in [-0.05, 0) is 32.1 Å². The highest BCUT2D eigenvalue weighted by molar-refractivity contribution is 5.74. The van der Waals surface area contributed by atoms with E-state index < -0.39 is 24.2 Å². The lowest BCUT2D eigenvalue weighted by molar-refractivity contribution is -0.150. The number of carbonyl (C=O) groups excluding carboxylic acids is 2. The van der Waals surface area contributed by atoms with Crippen molar-refractivity contribution in [1.82, 2.24) is 4.90 Å². The van der Waals surface area contributed by atoms with E-state index in [1.807, 2.05) is 0 Å². The van der Waals surface area contributed by atoms with E-state index in [1.54, 1.807) is 4.90 Å². The summed E-state index contributed by atoms with van der Waals surface area (Å²) in [5.74, 6) is -0.595. The molecule has 1 saturated heterocycles. The number of nitrogens with zero attached hydrogens (tertiary/aromatic N) is 1. The van der Waals surface area contributed by atoms with Crippen LogP contribution in [0.2, 0.25) is 0 Å². The van der Waals surface area contributed by atoms with Crippen molar-refractivity contribution < 1.29 is 24.2 Å². The molecule has 0 aliphatic carbocycles. The number of aliphatic hydroxyl groups is 1. The summed E-state index contributed by atoms with van der Waals surface area (Å²) in [5, 5.41) is 10.4. The molecule has 1 amide bonds. The summed E-state index contributed by atoms with van der Waals surface area (Å²) >= 11 is 0. The average Bonchev–Trinajstić information content (AvgIpc) is 3.08. The van der Waals surface area contributed by atoms with Gasteiger partial charge in [-0.2, -0.15) is 0 Å². The normalized spacial score (nSPS) is 20.6. The van der Waals surface area contributed by atoms with Gasteiger partial charge in [-0.15, -0.1) is 0 Å². The number of allylic oxidation sites excluding steroid dienone is 2. The monoisotopic (exact) mass is 467 g/mol. The van der Waals surface area contributed by atoms with Gasteiger partial charge in [0.25, 0.3) is 0 Å². The summed E-state index contributed by atoms with van der Waals surface area (Å²) in [4.78, 5) is 24.6. The van der Waals surface area contributed by atoms with Crippen LogP contribution in [0.5, 0.6) is 0 Å². The van der Waals surface area contributed by atoms with Crippen LogP contribution in [0.15, 0.2) is 12.2 Å². The Labute approximate surface area is 202 Å². The molecule has 0 bridgehead atoms. The van der Waals surface area contributed by atoms with Crippen molar-refractivity contribution in [2.75, 3.05) is 19.8 Å². The maximum atomic E-state index is 11.8. The second kappa shape index (κ2) is 19.0. The summed E-state index contributed by atoms with van der Waals surface area (Å²) in [6.07, 6.45) is 20.9. The summed E-state index contributed by atoms with van der Waals surface area (Å²) in [6, 6.07) is -0.457. The van der Waals surface area contributed by atoms with E-state index >= 15 is 0 Å². The lowest BCUT2D eigenvalue weighted by Gasteiger charge is -2.24. The van der Waals surface area contributed by atoms with Crippen molar-refractivity contribution in [2.45, 2.75) is 129 Å². The minimum Gasteiger partial charge on any atom is -0.458 e. The lowest BCUT2D eigenvalue weighted by atomic mass is 10.1. The smallest absolute Gasteiger partial charge is 0.303 e. The van der Waals surface area contributed by atoms with Gasteiger partial charge in [0, 0.05) is 20.5 Å². The molecule has 0 radical (unpaired) electrons. The third kappa shape index (κ3) is 13.8. The van der Waals surface area contributed by atoms with Gasteiger partial charge in [0.15, 0.2) is 0 Å². The molecule has 0 aromatic carbocycles. The Balaban J connectivity index is 1.97. The minimum atomic E-state index is -0.905. The molecule has 3 atom stereocenters. The maximum absolute atomic E-state index is 11.8. The number of amides is 1. The van der Waals surface area contributed by atoms with Gasteiger partial charge in [0.1, 0.15) is 12.2 Å². The minimum absolute atomic E-state index is 0.144. The topological polar surface area (TPSA) is 76.1 Å². The van der Waals surface area contributed by atoms with Crippen LogP contribution in [0.4, 0.5) is 0 Å². The lowest BCUT2D eigenvalue weighted by Crippen LogP contribution is -2.42. The van der Waals surface area contributed by atoms with Gasteiger partial charge in [0.05, 0.1) is 19.2 Å². The molecule has 33 heavy (non-hydrogen) atoms. The standard InChI is InChI=1S/C27H49NO5/c1-4-5-6-7-8-9-10-11-12-13-14-15-16-17-18-19-20-32-22-25-27(31)26(33-24(3)30)21-28(25)23(2)29/h11-12,25-27,31H,4-10,13-22H2,1-3H3/b12-11-/t25-,26+,27-/m1/s1. The Morgan fingerprint density at radius 2 is 1.42 bits per heavy atom. The molecule has 6 nitrogen and oxygen atoms in total. The number of esters is 1. The Kier molecular flexibility index (Phi) is 17.0. The highest BCUT2D eigenvalue weighted by Crippen LogP contribution is 2.22. The van der Waals surface area contributed by atoms with Crippen LogP contribution in [0, 0.1) is 0 Å². The van der Waals surface area contributed by atoms with Crippen LogP contribution in [0.25, 0.3) is 0 Å². The van der Waals surface area contributed by atoms with Crippen molar-refractivity contribution in [3.63, 3.8) is 0 Å². The first-order valence-corrected chi connectivity index (χ1v) is 13.3. The zero-order valence-electron chi connectivity index (χ0n) is 21.4. The van der Waals surface area contributed by atoms with E-state index in [4.69, 9.17) is 9.47 Å². The first-order valence-electron chi connectivity index (χ1n) is 13.3. The van der Waals surface area contributed by atoms with E-state index in [1.165, 1.54) is 90.9 Å². The van der Waals surface area contributed by atoms with Crippen molar-refractivity contribution in [1.29, 1.82) is 0 Å². The largest absolute Gasteiger partial charge is 0.458 e. The van der Waals surface area contributed by atoms with E-state index in [0.29, 0.717) is 6.61 Å². The van der Waals surface area contributed by atoms with Crippen LogP contribution in [-0.2, 0) is 19.1 Å². The fourth-order valence-corrected chi connectivity index (χ4v) is 4.40. The van der Waals surface area contributed by atoms with Crippen LogP contribution in [0.3, 0.4) is 0 Å². The molecular weight excluding hydrogens is 418 g/mol. The molecule has 1 aliphatic heterocycles. The van der Waals surface area contributed by atoms with Crippen LogP contribution in [0.1, 0.15) is 111 Å². The molecule has 0 aromatic rings. The SMILES string of the molecule is CCCCCCCC/C=C\CCCCCCCCOC[C@@H]1[C@@H](O)[C@@H](OC(C)=O)CN1C(C)=O. The number of carbonyl (C=O) groups is 2. The Bertz CT molecular complexity index is 551. The Morgan fingerprint density at radius 1 is 0.879 bits per heavy atom. The van der Waals surface area contributed by atoms with E-state index in [0.717, 1.165) is 12.8 Å². The summed E-state index contributed by atoms with van der Waals surface area (Å²) in [6.45, 7) is 6.14. The van der Waals surface area contributed by atoms with Gasteiger partial charge >= 0.3 is 5.97 Å². The Hall–Kier alpha value is -1.40. The number of unbranched alkanes of at least 4 members (excludes halogenated alkanes) is 12. The third-order valence-corrected chi connectivity index (χ3v) is 6.36. The first-order chi connectivity index (χ1) is 16.0. The highest BCUT2D eigenvalue weighted by Gasteiger charge is 2.43. The molecule has 1 heterocycles. The van der Waals surface area contributed by atoms with E-state index in [-0.39, 0.29) is 19.1 Å². The number of aliphatic hydroxyl groups excluding tert-OH is 1. The first kappa shape index (κ1) is 29.6. The van der Waals surface area contributed by atoms with Crippen molar-refractivity contribution >= 4 is 11.9 Å². The average molecular weight is 468 g/mol. The van der Waals surface area contributed by atoms with Crippen molar-refractivity contribution in [2.24, 2.45) is 0 Å². The number of likely N-dealkylation sites (tertiary alicyclic amines) is 1. The zero-order chi connectivity index (χ0) is 24.3. The third-order valence-electron chi connectivity index (χ3n) is 6.36.